The highest BCUT2D eigenvalue weighted by molar-refractivity contribution is 6.18. The van der Waals surface area contributed by atoms with Gasteiger partial charge in [0.25, 0.3) is 0 Å². The highest BCUT2D eigenvalue weighted by Crippen LogP contribution is 2.49. The maximum absolute atomic E-state index is 5.85. The lowest BCUT2D eigenvalue weighted by Crippen LogP contribution is -1.92. The molecule has 1 aliphatic carbocycles. The van der Waals surface area contributed by atoms with E-state index in [2.05, 4.69) is 32.0 Å². The molecule has 1 aromatic carbocycles. The van der Waals surface area contributed by atoms with Crippen LogP contribution in [0.1, 0.15) is 29.0 Å². The van der Waals surface area contributed by atoms with Crippen LogP contribution in [0.5, 0.6) is 0 Å². The van der Waals surface area contributed by atoms with Gasteiger partial charge in [-0.2, -0.15) is 0 Å². The van der Waals surface area contributed by atoms with Gasteiger partial charge in [-0.3, -0.25) is 0 Å². The van der Waals surface area contributed by atoms with E-state index in [1.807, 2.05) is 0 Å². The van der Waals surface area contributed by atoms with E-state index in [9.17, 15) is 0 Å². The van der Waals surface area contributed by atoms with E-state index in [4.69, 9.17) is 11.6 Å². The Hall–Kier alpha value is -0.490. The summed E-state index contributed by atoms with van der Waals surface area (Å²) < 4.78 is 0. The van der Waals surface area contributed by atoms with Crippen molar-refractivity contribution in [3.05, 3.63) is 34.9 Å². The number of benzene rings is 1. The van der Waals surface area contributed by atoms with Gasteiger partial charge in [0.2, 0.25) is 0 Å². The zero-order valence-electron chi connectivity index (χ0n) is 8.18. The fraction of sp³-hybridized carbons (Fsp3) is 0.500. The lowest BCUT2D eigenvalue weighted by atomic mass is 9.98. The predicted octanol–water partition coefficient (Wildman–Crippen LogP) is 3.65. The van der Waals surface area contributed by atoms with Crippen LogP contribution >= 0.6 is 11.6 Å². The van der Waals surface area contributed by atoms with Crippen LogP contribution in [0.15, 0.2) is 18.2 Å². The first-order valence-corrected chi connectivity index (χ1v) is 5.39. The molecule has 0 spiro atoms. The summed E-state index contributed by atoms with van der Waals surface area (Å²) in [6.07, 6.45) is 1.29. The lowest BCUT2D eigenvalue weighted by molar-refractivity contribution is 0.909. The number of hydrogen-bond acceptors (Lipinski definition) is 0. The molecule has 0 aromatic heterocycles. The van der Waals surface area contributed by atoms with Gasteiger partial charge in [-0.1, -0.05) is 18.2 Å². The normalized spacial score (nSPS) is 26.1. The minimum atomic E-state index is 0.737. The third kappa shape index (κ3) is 1.60. The van der Waals surface area contributed by atoms with Gasteiger partial charge in [-0.15, -0.1) is 11.6 Å². The summed E-state index contributed by atoms with van der Waals surface area (Å²) in [5, 5.41) is 0. The average Bonchev–Trinajstić information content (AvgIpc) is 2.83. The van der Waals surface area contributed by atoms with E-state index in [1.165, 1.54) is 17.5 Å². The molecular weight excluding hydrogens is 180 g/mol. The molecule has 0 heterocycles. The van der Waals surface area contributed by atoms with Gasteiger partial charge in [0.15, 0.2) is 0 Å². The Bertz CT molecular complexity index is 297. The van der Waals surface area contributed by atoms with Crippen LogP contribution in [0, 0.1) is 19.8 Å². The Morgan fingerprint density at radius 1 is 1.31 bits per heavy atom. The molecule has 0 bridgehead atoms. The van der Waals surface area contributed by atoms with Crippen molar-refractivity contribution in [2.75, 3.05) is 5.88 Å². The van der Waals surface area contributed by atoms with Crippen LogP contribution in [-0.2, 0) is 0 Å². The summed E-state index contributed by atoms with van der Waals surface area (Å²) in [5.74, 6) is 2.30. The fourth-order valence-electron chi connectivity index (χ4n) is 2.18. The summed E-state index contributed by atoms with van der Waals surface area (Å²) in [4.78, 5) is 0. The Kier molecular flexibility index (Phi) is 2.33. The molecule has 70 valence electrons. The molecular formula is C12H15Cl. The predicted molar refractivity (Wildman–Crippen MR) is 57.5 cm³/mol. The molecule has 2 rings (SSSR count). The maximum Gasteiger partial charge on any atom is 0.0257 e. The highest BCUT2D eigenvalue weighted by atomic mass is 35.5. The van der Waals surface area contributed by atoms with Crippen LogP contribution in [0.25, 0.3) is 0 Å². The molecule has 13 heavy (non-hydrogen) atoms. The zero-order chi connectivity index (χ0) is 9.42. The van der Waals surface area contributed by atoms with Crippen molar-refractivity contribution in [2.45, 2.75) is 26.2 Å². The molecule has 0 radical (unpaired) electrons. The SMILES string of the molecule is Cc1cccc(C)c1C1CC1CCl. The number of hydrogen-bond donors (Lipinski definition) is 0. The van der Waals surface area contributed by atoms with Gasteiger partial charge in [-0.05, 0) is 48.8 Å². The van der Waals surface area contributed by atoms with E-state index in [0.29, 0.717) is 0 Å². The van der Waals surface area contributed by atoms with Crippen molar-refractivity contribution in [1.82, 2.24) is 0 Å². The highest BCUT2D eigenvalue weighted by Gasteiger charge is 2.38. The standard InChI is InChI=1S/C12H15Cl/c1-8-4-3-5-9(2)12(8)11-6-10(11)7-13/h3-5,10-11H,6-7H2,1-2H3. The van der Waals surface area contributed by atoms with Crippen LogP contribution < -0.4 is 0 Å². The zero-order valence-corrected chi connectivity index (χ0v) is 8.93. The van der Waals surface area contributed by atoms with Gasteiger partial charge in [-0.25, -0.2) is 0 Å². The lowest BCUT2D eigenvalue weighted by Gasteiger charge is -2.08. The third-order valence-electron chi connectivity index (χ3n) is 3.03. The number of aryl methyl sites for hydroxylation is 2. The van der Waals surface area contributed by atoms with Crippen LogP contribution in [0.3, 0.4) is 0 Å². The first-order valence-electron chi connectivity index (χ1n) is 4.86. The molecule has 0 aliphatic heterocycles. The van der Waals surface area contributed by atoms with Crippen LogP contribution in [0.2, 0.25) is 0 Å². The number of halogens is 1. The minimum Gasteiger partial charge on any atom is -0.126 e. The second-order valence-electron chi connectivity index (χ2n) is 4.06. The number of alkyl halides is 1. The average molecular weight is 195 g/mol. The van der Waals surface area contributed by atoms with Gasteiger partial charge >= 0.3 is 0 Å². The van der Waals surface area contributed by atoms with Crippen LogP contribution in [0.4, 0.5) is 0 Å². The van der Waals surface area contributed by atoms with E-state index in [1.54, 1.807) is 5.56 Å². The van der Waals surface area contributed by atoms with E-state index < -0.39 is 0 Å². The van der Waals surface area contributed by atoms with Crippen molar-refractivity contribution in [3.63, 3.8) is 0 Å². The molecule has 1 saturated carbocycles. The second kappa shape index (κ2) is 3.34. The summed E-state index contributed by atoms with van der Waals surface area (Å²) >= 11 is 5.85. The molecule has 2 unspecified atom stereocenters. The topological polar surface area (TPSA) is 0 Å². The summed E-state index contributed by atoms with van der Waals surface area (Å²) in [7, 11) is 0. The monoisotopic (exact) mass is 194 g/mol. The van der Waals surface area contributed by atoms with Crippen molar-refractivity contribution >= 4 is 11.6 Å². The van der Waals surface area contributed by atoms with E-state index in [0.717, 1.165) is 17.7 Å². The van der Waals surface area contributed by atoms with Gasteiger partial charge < -0.3 is 0 Å². The molecule has 0 saturated heterocycles. The molecule has 0 amide bonds. The van der Waals surface area contributed by atoms with Crippen molar-refractivity contribution in [3.8, 4) is 0 Å². The first kappa shape index (κ1) is 9.08. The Labute approximate surface area is 84.9 Å². The van der Waals surface area contributed by atoms with E-state index >= 15 is 0 Å². The maximum atomic E-state index is 5.85. The minimum absolute atomic E-state index is 0.737. The molecule has 0 N–H and O–H groups in total. The Morgan fingerprint density at radius 3 is 2.38 bits per heavy atom. The van der Waals surface area contributed by atoms with Crippen molar-refractivity contribution < 1.29 is 0 Å². The van der Waals surface area contributed by atoms with Gasteiger partial charge in [0.1, 0.15) is 0 Å². The van der Waals surface area contributed by atoms with Crippen molar-refractivity contribution in [2.24, 2.45) is 5.92 Å². The molecule has 1 aliphatic rings. The molecule has 1 fully saturated rings. The van der Waals surface area contributed by atoms with Gasteiger partial charge in [0, 0.05) is 5.88 Å². The van der Waals surface area contributed by atoms with E-state index in [-0.39, 0.29) is 0 Å². The first-order chi connectivity index (χ1) is 6.24. The largest absolute Gasteiger partial charge is 0.126 e. The third-order valence-corrected chi connectivity index (χ3v) is 3.43. The summed E-state index contributed by atoms with van der Waals surface area (Å²) in [5.41, 5.74) is 4.41. The molecule has 1 heteroatoms. The quantitative estimate of drug-likeness (QED) is 0.631. The summed E-state index contributed by atoms with van der Waals surface area (Å²) in [6, 6.07) is 6.53. The second-order valence-corrected chi connectivity index (χ2v) is 4.37. The Morgan fingerprint density at radius 2 is 1.92 bits per heavy atom. The molecule has 1 aromatic rings. The molecule has 2 atom stereocenters. The smallest absolute Gasteiger partial charge is 0.0257 e. The van der Waals surface area contributed by atoms with Crippen molar-refractivity contribution in [1.29, 1.82) is 0 Å². The fourth-order valence-corrected chi connectivity index (χ4v) is 2.52. The number of rotatable bonds is 2. The van der Waals surface area contributed by atoms with Gasteiger partial charge in [0.05, 0.1) is 0 Å². The Balaban J connectivity index is 2.30. The summed E-state index contributed by atoms with van der Waals surface area (Å²) in [6.45, 7) is 4.40. The van der Waals surface area contributed by atoms with Crippen LogP contribution in [-0.4, -0.2) is 5.88 Å². The molecule has 0 nitrogen and oxygen atoms in total.